The summed E-state index contributed by atoms with van der Waals surface area (Å²) in [4.78, 5) is 26.1. The summed E-state index contributed by atoms with van der Waals surface area (Å²) >= 11 is 3.52. The third-order valence-electron chi connectivity index (χ3n) is 4.30. The number of amides is 1. The molecule has 1 amide bonds. The van der Waals surface area contributed by atoms with Gasteiger partial charge < -0.3 is 9.64 Å². The van der Waals surface area contributed by atoms with Gasteiger partial charge in [0.25, 0.3) is 0 Å². The van der Waals surface area contributed by atoms with Gasteiger partial charge >= 0.3 is 0 Å². The number of carbonyl (C=O) groups excluding carboxylic acids is 2. The van der Waals surface area contributed by atoms with Crippen LogP contribution in [0.5, 0.6) is 0 Å². The number of nitrogens with zero attached hydrogens (tertiary/aromatic N) is 1. The van der Waals surface area contributed by atoms with Gasteiger partial charge in [0, 0.05) is 48.3 Å². The number of Topliss-reactive ketones (excluding diaryl/α,β-unsaturated/α-hetero) is 1. The van der Waals surface area contributed by atoms with Crippen LogP contribution in [0.4, 0.5) is 5.69 Å². The summed E-state index contributed by atoms with van der Waals surface area (Å²) < 4.78 is 6.16. The third kappa shape index (κ3) is 2.77. The van der Waals surface area contributed by atoms with E-state index in [0.29, 0.717) is 25.3 Å². The molecule has 0 N–H and O–H groups in total. The SMILES string of the molecule is CC(=O)N1CCc2cc(Br)c(C(=O)C3CCOCC3)cc21. The Morgan fingerprint density at radius 2 is 2.00 bits per heavy atom. The number of carbonyl (C=O) groups is 2. The van der Waals surface area contributed by atoms with Crippen molar-refractivity contribution in [3.05, 3.63) is 27.7 Å². The van der Waals surface area contributed by atoms with Gasteiger partial charge in [-0.15, -0.1) is 0 Å². The van der Waals surface area contributed by atoms with Gasteiger partial charge in [-0.1, -0.05) is 15.9 Å². The second-order valence-electron chi connectivity index (χ2n) is 5.63. The molecule has 0 bridgehead atoms. The smallest absolute Gasteiger partial charge is 0.223 e. The molecule has 2 heterocycles. The molecule has 2 aliphatic heterocycles. The van der Waals surface area contributed by atoms with E-state index in [1.165, 1.54) is 0 Å². The summed E-state index contributed by atoms with van der Waals surface area (Å²) in [5.74, 6) is 0.212. The fourth-order valence-corrected chi connectivity index (χ4v) is 3.69. The van der Waals surface area contributed by atoms with Crippen LogP contribution in [0.2, 0.25) is 0 Å². The van der Waals surface area contributed by atoms with Crippen LogP contribution in [0.1, 0.15) is 35.7 Å². The van der Waals surface area contributed by atoms with Crippen LogP contribution in [0.3, 0.4) is 0 Å². The van der Waals surface area contributed by atoms with Gasteiger partial charge in [-0.05, 0) is 37.0 Å². The van der Waals surface area contributed by atoms with Gasteiger partial charge in [0.15, 0.2) is 5.78 Å². The minimum absolute atomic E-state index is 0.0280. The molecule has 1 saturated heterocycles. The first-order chi connectivity index (χ1) is 10.1. The Kier molecular flexibility index (Phi) is 4.13. The van der Waals surface area contributed by atoms with Crippen molar-refractivity contribution in [2.75, 3.05) is 24.7 Å². The summed E-state index contributed by atoms with van der Waals surface area (Å²) in [5, 5.41) is 0. The molecule has 0 spiro atoms. The highest BCUT2D eigenvalue weighted by atomic mass is 79.9. The van der Waals surface area contributed by atoms with Crippen LogP contribution < -0.4 is 4.90 Å². The van der Waals surface area contributed by atoms with Crippen molar-refractivity contribution in [3.8, 4) is 0 Å². The van der Waals surface area contributed by atoms with E-state index >= 15 is 0 Å². The number of benzene rings is 1. The van der Waals surface area contributed by atoms with E-state index in [-0.39, 0.29) is 17.6 Å². The van der Waals surface area contributed by atoms with E-state index < -0.39 is 0 Å². The molecule has 1 aromatic carbocycles. The molecule has 0 aromatic heterocycles. The lowest BCUT2D eigenvalue weighted by Crippen LogP contribution is -2.26. The number of rotatable bonds is 2. The summed E-state index contributed by atoms with van der Waals surface area (Å²) in [6.07, 6.45) is 2.40. The van der Waals surface area contributed by atoms with Crippen molar-refractivity contribution in [1.82, 2.24) is 0 Å². The van der Waals surface area contributed by atoms with Crippen LogP contribution in [0.15, 0.2) is 16.6 Å². The first-order valence-electron chi connectivity index (χ1n) is 7.30. The molecule has 21 heavy (non-hydrogen) atoms. The van der Waals surface area contributed by atoms with E-state index in [2.05, 4.69) is 15.9 Å². The van der Waals surface area contributed by atoms with Crippen LogP contribution in [0, 0.1) is 5.92 Å². The monoisotopic (exact) mass is 351 g/mol. The summed E-state index contributed by atoms with van der Waals surface area (Å²) in [6.45, 7) is 3.57. The maximum absolute atomic E-state index is 12.7. The number of hydrogen-bond donors (Lipinski definition) is 0. The zero-order valence-electron chi connectivity index (χ0n) is 12.0. The summed E-state index contributed by atoms with van der Waals surface area (Å²) in [5.41, 5.74) is 2.70. The molecule has 112 valence electrons. The maximum atomic E-state index is 12.7. The van der Waals surface area contributed by atoms with E-state index in [1.54, 1.807) is 11.8 Å². The zero-order chi connectivity index (χ0) is 15.0. The van der Waals surface area contributed by atoms with Crippen LogP contribution in [-0.4, -0.2) is 31.4 Å². The Bertz CT molecular complexity index is 593. The predicted molar refractivity (Wildman–Crippen MR) is 83.7 cm³/mol. The Hall–Kier alpha value is -1.20. The zero-order valence-corrected chi connectivity index (χ0v) is 13.6. The highest BCUT2D eigenvalue weighted by Gasteiger charge is 2.28. The topological polar surface area (TPSA) is 46.6 Å². The Morgan fingerprint density at radius 1 is 1.29 bits per heavy atom. The predicted octanol–water partition coefficient (Wildman–Crippen LogP) is 2.97. The molecule has 0 unspecified atom stereocenters. The molecular formula is C16H18BrNO3. The Morgan fingerprint density at radius 3 is 2.67 bits per heavy atom. The fraction of sp³-hybridized carbons (Fsp3) is 0.500. The molecule has 1 fully saturated rings. The normalized spacial score (nSPS) is 18.7. The molecule has 3 rings (SSSR count). The summed E-state index contributed by atoms with van der Waals surface area (Å²) in [6, 6.07) is 3.87. The first-order valence-corrected chi connectivity index (χ1v) is 8.09. The van der Waals surface area contributed by atoms with Crippen molar-refractivity contribution in [2.45, 2.75) is 26.2 Å². The third-order valence-corrected chi connectivity index (χ3v) is 4.96. The number of ether oxygens (including phenoxy) is 1. The molecule has 4 nitrogen and oxygen atoms in total. The average molecular weight is 352 g/mol. The van der Waals surface area contributed by atoms with Gasteiger partial charge in [-0.25, -0.2) is 0 Å². The Labute approximate surface area is 132 Å². The molecule has 2 aliphatic rings. The lowest BCUT2D eigenvalue weighted by molar-refractivity contribution is -0.116. The minimum Gasteiger partial charge on any atom is -0.381 e. The first kappa shape index (κ1) is 14.7. The highest BCUT2D eigenvalue weighted by molar-refractivity contribution is 9.10. The van der Waals surface area contributed by atoms with Crippen LogP contribution in [0.25, 0.3) is 0 Å². The molecular weight excluding hydrogens is 334 g/mol. The van der Waals surface area contributed by atoms with E-state index in [0.717, 1.165) is 35.0 Å². The average Bonchev–Trinajstić information content (AvgIpc) is 2.89. The molecule has 0 aliphatic carbocycles. The van der Waals surface area contributed by atoms with Crippen LogP contribution in [-0.2, 0) is 16.0 Å². The molecule has 1 aromatic rings. The van der Waals surface area contributed by atoms with Gasteiger partial charge in [0.1, 0.15) is 0 Å². The van der Waals surface area contributed by atoms with Crippen molar-refractivity contribution >= 4 is 33.3 Å². The second-order valence-corrected chi connectivity index (χ2v) is 6.49. The highest BCUT2D eigenvalue weighted by Crippen LogP contribution is 2.35. The molecule has 0 atom stereocenters. The molecule has 0 saturated carbocycles. The van der Waals surface area contributed by atoms with Gasteiger partial charge in [-0.3, -0.25) is 9.59 Å². The van der Waals surface area contributed by atoms with Crippen molar-refractivity contribution < 1.29 is 14.3 Å². The summed E-state index contributed by atoms with van der Waals surface area (Å²) in [7, 11) is 0. The van der Waals surface area contributed by atoms with Crippen LogP contribution >= 0.6 is 15.9 Å². The standard InChI is InChI=1S/C16H18BrNO3/c1-10(19)18-5-2-12-8-14(17)13(9-15(12)18)16(20)11-3-6-21-7-4-11/h8-9,11H,2-7H2,1H3. The van der Waals surface area contributed by atoms with E-state index in [1.807, 2.05) is 12.1 Å². The van der Waals surface area contributed by atoms with Gasteiger partial charge in [0.05, 0.1) is 0 Å². The largest absolute Gasteiger partial charge is 0.381 e. The lowest BCUT2D eigenvalue weighted by Gasteiger charge is -2.22. The molecule has 5 heteroatoms. The van der Waals surface area contributed by atoms with Crippen molar-refractivity contribution in [3.63, 3.8) is 0 Å². The maximum Gasteiger partial charge on any atom is 0.223 e. The van der Waals surface area contributed by atoms with Gasteiger partial charge in [-0.2, -0.15) is 0 Å². The fourth-order valence-electron chi connectivity index (χ4n) is 3.10. The number of halogens is 1. The Balaban J connectivity index is 1.94. The number of ketones is 1. The molecule has 0 radical (unpaired) electrons. The lowest BCUT2D eigenvalue weighted by atomic mass is 9.90. The van der Waals surface area contributed by atoms with Gasteiger partial charge in [0.2, 0.25) is 5.91 Å². The quantitative estimate of drug-likeness (QED) is 0.769. The number of anilines is 1. The number of hydrogen-bond acceptors (Lipinski definition) is 3. The number of fused-ring (bicyclic) bond motifs is 1. The second kappa shape index (κ2) is 5.89. The van der Waals surface area contributed by atoms with E-state index in [4.69, 9.17) is 4.74 Å². The minimum atomic E-state index is 0.0280. The van der Waals surface area contributed by atoms with Crippen molar-refractivity contribution in [2.24, 2.45) is 5.92 Å². The van der Waals surface area contributed by atoms with E-state index in [9.17, 15) is 9.59 Å². The van der Waals surface area contributed by atoms with Crippen molar-refractivity contribution in [1.29, 1.82) is 0 Å².